The topological polar surface area (TPSA) is 42.4 Å². The molecule has 1 aliphatic heterocycles. The number of hydrogen-bond donors (Lipinski definition) is 0. The maximum atomic E-state index is 11.6. The van der Waals surface area contributed by atoms with Crippen molar-refractivity contribution in [2.75, 3.05) is 25.1 Å². The number of esters is 1. The fourth-order valence-corrected chi connectivity index (χ4v) is 3.09. The molecule has 0 spiro atoms. The van der Waals surface area contributed by atoms with Crippen molar-refractivity contribution in [1.82, 2.24) is 4.98 Å². The van der Waals surface area contributed by atoms with Crippen molar-refractivity contribution in [3.63, 3.8) is 0 Å². The van der Waals surface area contributed by atoms with Crippen LogP contribution < -0.4 is 4.90 Å². The minimum atomic E-state index is -0.246. The molecular weight excluding hydrogens is 276 g/mol. The average Bonchev–Trinajstić information content (AvgIpc) is 2.83. The number of benzene rings is 1. The molecule has 0 unspecified atom stereocenters. The van der Waals surface area contributed by atoms with Gasteiger partial charge < -0.3 is 9.64 Å². The predicted octanol–water partition coefficient (Wildman–Crippen LogP) is 3.33. The van der Waals surface area contributed by atoms with Crippen LogP contribution >= 0.6 is 0 Å². The number of anilines is 1. The van der Waals surface area contributed by atoms with Crippen molar-refractivity contribution < 1.29 is 9.53 Å². The molecule has 0 saturated carbocycles. The molecule has 4 heteroatoms. The number of carbonyl (C=O) groups excluding carboxylic acids is 1. The number of fused-ring (bicyclic) bond motifs is 1. The van der Waals surface area contributed by atoms with Crippen LogP contribution in [0.1, 0.15) is 31.4 Å². The van der Waals surface area contributed by atoms with E-state index in [-0.39, 0.29) is 12.4 Å². The Morgan fingerprint density at radius 3 is 2.64 bits per heavy atom. The molecule has 4 nitrogen and oxygen atoms in total. The van der Waals surface area contributed by atoms with Crippen molar-refractivity contribution in [2.45, 2.75) is 32.1 Å². The number of aromatic nitrogens is 1. The van der Waals surface area contributed by atoms with Gasteiger partial charge in [0.05, 0.1) is 24.7 Å². The van der Waals surface area contributed by atoms with E-state index in [1.54, 1.807) is 0 Å². The molecule has 0 atom stereocenters. The number of nitrogens with zero attached hydrogens (tertiary/aromatic N) is 2. The van der Waals surface area contributed by atoms with Gasteiger partial charge in [-0.1, -0.05) is 31.0 Å². The highest BCUT2D eigenvalue weighted by molar-refractivity contribution is 5.92. The highest BCUT2D eigenvalue weighted by Gasteiger charge is 2.15. The Balaban J connectivity index is 2.03. The maximum Gasteiger partial charge on any atom is 0.311 e. The smallest absolute Gasteiger partial charge is 0.311 e. The molecule has 1 aliphatic rings. The monoisotopic (exact) mass is 298 g/mol. The van der Waals surface area contributed by atoms with E-state index < -0.39 is 0 Å². The molecular formula is C18H22N2O2. The minimum Gasteiger partial charge on any atom is -0.469 e. The molecule has 1 saturated heterocycles. The Labute approximate surface area is 131 Å². The Morgan fingerprint density at radius 1 is 1.18 bits per heavy atom. The molecule has 0 amide bonds. The zero-order chi connectivity index (χ0) is 15.4. The Bertz CT molecular complexity index is 661. The van der Waals surface area contributed by atoms with Crippen LogP contribution in [0.5, 0.6) is 0 Å². The average molecular weight is 298 g/mol. The number of para-hydroxylation sites is 1. The second-order valence-electron chi connectivity index (χ2n) is 5.80. The van der Waals surface area contributed by atoms with Crippen LogP contribution in [0.15, 0.2) is 30.3 Å². The number of methoxy groups -OCH3 is 1. The van der Waals surface area contributed by atoms with Gasteiger partial charge in [-0.15, -0.1) is 0 Å². The molecule has 0 N–H and O–H groups in total. The summed E-state index contributed by atoms with van der Waals surface area (Å²) in [4.78, 5) is 18.6. The molecule has 0 radical (unpaired) electrons. The summed E-state index contributed by atoms with van der Waals surface area (Å²) in [5, 5.41) is 1.16. The van der Waals surface area contributed by atoms with Crippen LogP contribution in [0.2, 0.25) is 0 Å². The second kappa shape index (κ2) is 6.77. The third-order valence-electron chi connectivity index (χ3n) is 4.25. The lowest BCUT2D eigenvalue weighted by atomic mass is 10.1. The van der Waals surface area contributed by atoms with E-state index in [1.807, 2.05) is 18.2 Å². The first-order valence-corrected chi connectivity index (χ1v) is 7.98. The van der Waals surface area contributed by atoms with Gasteiger partial charge in [0.2, 0.25) is 0 Å². The third kappa shape index (κ3) is 3.21. The standard InChI is InChI=1S/C18H22N2O2/c1-22-18(21)13-14-12-17(20-10-6-2-3-7-11-20)15-8-4-5-9-16(15)19-14/h4-5,8-9,12H,2-3,6-7,10-11,13H2,1H3. The molecule has 3 rings (SSSR count). The third-order valence-corrected chi connectivity index (χ3v) is 4.25. The summed E-state index contributed by atoms with van der Waals surface area (Å²) >= 11 is 0. The summed E-state index contributed by atoms with van der Waals surface area (Å²) in [5.74, 6) is -0.246. The fourth-order valence-electron chi connectivity index (χ4n) is 3.09. The van der Waals surface area contributed by atoms with Crippen molar-refractivity contribution in [3.05, 3.63) is 36.0 Å². The van der Waals surface area contributed by atoms with Crippen LogP contribution in [0.25, 0.3) is 10.9 Å². The summed E-state index contributed by atoms with van der Waals surface area (Å²) in [7, 11) is 1.42. The van der Waals surface area contributed by atoms with E-state index in [2.05, 4.69) is 22.0 Å². The molecule has 2 aromatic rings. The van der Waals surface area contributed by atoms with Gasteiger partial charge in [0.15, 0.2) is 0 Å². The van der Waals surface area contributed by atoms with E-state index >= 15 is 0 Å². The van der Waals surface area contributed by atoms with E-state index in [9.17, 15) is 4.79 Å². The molecule has 2 heterocycles. The van der Waals surface area contributed by atoms with E-state index in [0.717, 1.165) is 29.7 Å². The lowest BCUT2D eigenvalue weighted by Gasteiger charge is -2.24. The van der Waals surface area contributed by atoms with Crippen molar-refractivity contribution in [2.24, 2.45) is 0 Å². The van der Waals surface area contributed by atoms with Crippen LogP contribution in [0.4, 0.5) is 5.69 Å². The van der Waals surface area contributed by atoms with E-state index in [0.29, 0.717) is 0 Å². The van der Waals surface area contributed by atoms with Gasteiger partial charge in [0.25, 0.3) is 0 Å². The number of ether oxygens (including phenoxy) is 1. The first-order valence-electron chi connectivity index (χ1n) is 7.98. The summed E-state index contributed by atoms with van der Waals surface area (Å²) in [6, 6.07) is 10.2. The van der Waals surface area contributed by atoms with Gasteiger partial charge in [-0.2, -0.15) is 0 Å². The van der Waals surface area contributed by atoms with Crippen LogP contribution in [-0.2, 0) is 16.0 Å². The SMILES string of the molecule is COC(=O)Cc1cc(N2CCCCCC2)c2ccccc2n1. The molecule has 0 bridgehead atoms. The molecule has 1 fully saturated rings. The van der Waals surface area contributed by atoms with Gasteiger partial charge in [-0.25, -0.2) is 0 Å². The van der Waals surface area contributed by atoms with Crippen molar-refractivity contribution >= 4 is 22.6 Å². The van der Waals surface area contributed by atoms with Gasteiger partial charge in [-0.3, -0.25) is 9.78 Å². The highest BCUT2D eigenvalue weighted by atomic mass is 16.5. The number of hydrogen-bond acceptors (Lipinski definition) is 4. The molecule has 0 aliphatic carbocycles. The lowest BCUT2D eigenvalue weighted by molar-refractivity contribution is -0.139. The number of rotatable bonds is 3. The Hall–Kier alpha value is -2.10. The Morgan fingerprint density at radius 2 is 1.91 bits per heavy atom. The van der Waals surface area contributed by atoms with Gasteiger partial charge in [0.1, 0.15) is 0 Å². The van der Waals surface area contributed by atoms with Crippen LogP contribution in [0.3, 0.4) is 0 Å². The molecule has 116 valence electrons. The fraction of sp³-hybridized carbons (Fsp3) is 0.444. The Kier molecular flexibility index (Phi) is 4.56. The van der Waals surface area contributed by atoms with E-state index in [4.69, 9.17) is 4.74 Å². The van der Waals surface area contributed by atoms with Crippen molar-refractivity contribution in [1.29, 1.82) is 0 Å². The molecule has 22 heavy (non-hydrogen) atoms. The molecule has 1 aromatic heterocycles. The van der Waals surface area contributed by atoms with Gasteiger partial charge >= 0.3 is 5.97 Å². The number of carbonyl (C=O) groups is 1. The van der Waals surface area contributed by atoms with Crippen molar-refractivity contribution in [3.8, 4) is 0 Å². The van der Waals surface area contributed by atoms with E-state index in [1.165, 1.54) is 38.5 Å². The summed E-state index contributed by atoms with van der Waals surface area (Å²) in [5.41, 5.74) is 2.93. The normalized spacial score (nSPS) is 15.6. The molecule has 1 aromatic carbocycles. The predicted molar refractivity (Wildman–Crippen MR) is 88.1 cm³/mol. The largest absolute Gasteiger partial charge is 0.469 e. The lowest BCUT2D eigenvalue weighted by Crippen LogP contribution is -2.24. The maximum absolute atomic E-state index is 11.6. The second-order valence-corrected chi connectivity index (χ2v) is 5.80. The summed E-state index contributed by atoms with van der Waals surface area (Å²) in [6.45, 7) is 2.15. The first-order chi connectivity index (χ1) is 10.8. The first kappa shape index (κ1) is 14.8. The minimum absolute atomic E-state index is 0.224. The van der Waals surface area contributed by atoms with Crippen LogP contribution in [0, 0.1) is 0 Å². The zero-order valence-corrected chi connectivity index (χ0v) is 13.0. The summed E-state index contributed by atoms with van der Waals surface area (Å²) < 4.78 is 4.78. The van der Waals surface area contributed by atoms with Gasteiger partial charge in [0, 0.05) is 24.2 Å². The quantitative estimate of drug-likeness (QED) is 0.815. The number of pyridine rings is 1. The summed E-state index contributed by atoms with van der Waals surface area (Å²) in [6.07, 6.45) is 5.28. The zero-order valence-electron chi connectivity index (χ0n) is 13.0. The van der Waals surface area contributed by atoms with Crippen LogP contribution in [-0.4, -0.2) is 31.2 Å². The van der Waals surface area contributed by atoms with Gasteiger partial charge in [-0.05, 0) is 25.0 Å². The highest BCUT2D eigenvalue weighted by Crippen LogP contribution is 2.29.